The third-order valence-electron chi connectivity index (χ3n) is 3.00. The average Bonchev–Trinajstić information content (AvgIpc) is 2.38. The predicted octanol–water partition coefficient (Wildman–Crippen LogP) is 2.22. The van der Waals surface area contributed by atoms with E-state index in [4.69, 9.17) is 9.47 Å². The van der Waals surface area contributed by atoms with Crippen molar-refractivity contribution in [2.24, 2.45) is 0 Å². The summed E-state index contributed by atoms with van der Waals surface area (Å²) in [7, 11) is 0. The molecule has 0 saturated heterocycles. The first kappa shape index (κ1) is 13.3. The van der Waals surface area contributed by atoms with Crippen LogP contribution < -0.4 is 4.74 Å². The maximum absolute atomic E-state index is 10.7. The number of nitro groups is 1. The first-order valence-corrected chi connectivity index (χ1v) is 6.21. The second-order valence-electron chi connectivity index (χ2n) is 4.36. The Morgan fingerprint density at radius 1 is 1.63 bits per heavy atom. The van der Waals surface area contributed by atoms with E-state index >= 15 is 0 Å². The second-order valence-corrected chi connectivity index (χ2v) is 4.36. The summed E-state index contributed by atoms with van der Waals surface area (Å²) in [5.41, 5.74) is 0.908. The molecule has 102 valence electrons. The van der Waals surface area contributed by atoms with Crippen LogP contribution >= 0.6 is 0 Å². The Hall–Kier alpha value is -2.11. The predicted molar refractivity (Wildman–Crippen MR) is 69.0 cm³/mol. The Labute approximate surface area is 110 Å². The van der Waals surface area contributed by atoms with Gasteiger partial charge in [0, 0.05) is 17.7 Å². The molecule has 6 nitrogen and oxygen atoms in total. The van der Waals surface area contributed by atoms with Gasteiger partial charge in [0.15, 0.2) is 6.61 Å². The maximum atomic E-state index is 10.7. The fraction of sp³-hybridized carbons (Fsp3) is 0.462. The molecule has 0 fully saturated rings. The van der Waals surface area contributed by atoms with E-state index in [2.05, 4.69) is 0 Å². The van der Waals surface area contributed by atoms with Crippen LogP contribution in [0.2, 0.25) is 0 Å². The van der Waals surface area contributed by atoms with Gasteiger partial charge in [0.25, 0.3) is 5.69 Å². The molecule has 0 saturated carbocycles. The highest BCUT2D eigenvalue weighted by Crippen LogP contribution is 2.31. The Morgan fingerprint density at radius 3 is 3.11 bits per heavy atom. The lowest BCUT2D eigenvalue weighted by molar-refractivity contribution is -0.385. The molecule has 0 unspecified atom stereocenters. The molecule has 1 N–H and O–H groups in total. The minimum atomic E-state index is -0.416. The molecular weight excluding hydrogens is 250 g/mol. The third kappa shape index (κ3) is 3.21. The molecule has 0 radical (unpaired) electrons. The molecule has 1 aromatic rings. The lowest BCUT2D eigenvalue weighted by atomic mass is 10.00. The highest BCUT2D eigenvalue weighted by Gasteiger charge is 2.27. The number of carbonyl (C=O) groups excluding carboxylic acids is 1. The van der Waals surface area contributed by atoms with Crippen molar-refractivity contribution in [1.82, 2.24) is 0 Å². The van der Waals surface area contributed by atoms with E-state index in [0.29, 0.717) is 31.6 Å². The number of hydrogen-bond donors (Lipinski definition) is 0. The first-order valence-electron chi connectivity index (χ1n) is 6.21. The molecule has 1 atom stereocenters. The molecule has 1 aromatic carbocycles. The minimum Gasteiger partial charge on any atom is -0.489 e. The summed E-state index contributed by atoms with van der Waals surface area (Å²) in [6, 6.07) is 4.57. The summed E-state index contributed by atoms with van der Waals surface area (Å²) in [4.78, 5) is 19.8. The SMILES string of the molecule is CCOC(=[OH+])C[C@@H]1CCc2cc([N+](=O)[O-])ccc2O1. The Balaban J connectivity index is 2.04. The summed E-state index contributed by atoms with van der Waals surface area (Å²) in [6.45, 7) is 2.22. The van der Waals surface area contributed by atoms with E-state index in [9.17, 15) is 14.9 Å². The van der Waals surface area contributed by atoms with Gasteiger partial charge in [-0.25, -0.2) is 0 Å². The van der Waals surface area contributed by atoms with Gasteiger partial charge in [0.1, 0.15) is 18.3 Å². The Kier molecular flexibility index (Phi) is 3.99. The molecule has 1 aliphatic heterocycles. The normalized spacial score (nSPS) is 17.2. The largest absolute Gasteiger partial charge is 0.489 e. The van der Waals surface area contributed by atoms with E-state index in [0.717, 1.165) is 5.56 Å². The summed E-state index contributed by atoms with van der Waals surface area (Å²) in [5, 5.41) is 10.7. The summed E-state index contributed by atoms with van der Waals surface area (Å²) < 4.78 is 10.7. The van der Waals surface area contributed by atoms with E-state index in [1.54, 1.807) is 13.0 Å². The van der Waals surface area contributed by atoms with Crippen LogP contribution in [-0.4, -0.2) is 28.4 Å². The van der Waals surface area contributed by atoms with E-state index < -0.39 is 4.92 Å². The van der Waals surface area contributed by atoms with E-state index in [1.165, 1.54) is 12.1 Å². The zero-order chi connectivity index (χ0) is 13.8. The monoisotopic (exact) mass is 266 g/mol. The van der Waals surface area contributed by atoms with Crippen LogP contribution in [0.1, 0.15) is 25.3 Å². The van der Waals surface area contributed by atoms with Crippen molar-refractivity contribution in [3.63, 3.8) is 0 Å². The van der Waals surface area contributed by atoms with Gasteiger partial charge in [0.05, 0.1) is 4.92 Å². The smallest absolute Gasteiger partial charge is 0.486 e. The van der Waals surface area contributed by atoms with Gasteiger partial charge in [-0.15, -0.1) is 0 Å². The third-order valence-corrected chi connectivity index (χ3v) is 3.00. The fourth-order valence-corrected chi connectivity index (χ4v) is 2.11. The molecule has 19 heavy (non-hydrogen) atoms. The molecule has 1 heterocycles. The number of rotatable bonds is 4. The minimum absolute atomic E-state index is 0.0298. The van der Waals surface area contributed by atoms with Gasteiger partial charge >= 0.3 is 5.97 Å². The van der Waals surface area contributed by atoms with Gasteiger partial charge in [-0.2, -0.15) is 0 Å². The molecule has 6 heteroatoms. The number of esters is 1. The standard InChI is InChI=1S/C13H15NO5/c1-2-18-13(15)8-11-5-3-9-7-10(14(16)17)4-6-12(9)19-11/h4,6-7,11H,2-3,5,8H2,1H3/p+1/t11-/m0/s1. The van der Waals surface area contributed by atoms with Crippen molar-refractivity contribution in [2.45, 2.75) is 32.3 Å². The maximum Gasteiger partial charge on any atom is 0.486 e. The molecule has 2 rings (SSSR count). The molecule has 0 spiro atoms. The van der Waals surface area contributed by atoms with Gasteiger partial charge in [-0.05, 0) is 25.8 Å². The van der Waals surface area contributed by atoms with Crippen molar-refractivity contribution in [3.05, 3.63) is 33.9 Å². The van der Waals surface area contributed by atoms with E-state index in [1.807, 2.05) is 0 Å². The number of aryl methyl sites for hydroxylation is 1. The zero-order valence-electron chi connectivity index (χ0n) is 10.7. The van der Waals surface area contributed by atoms with Crippen LogP contribution in [0, 0.1) is 10.1 Å². The van der Waals surface area contributed by atoms with Crippen molar-refractivity contribution in [3.8, 4) is 5.75 Å². The molecular formula is C13H16NO5+. The van der Waals surface area contributed by atoms with Crippen molar-refractivity contribution in [1.29, 1.82) is 0 Å². The summed E-state index contributed by atoms with van der Waals surface area (Å²) in [6.07, 6.45) is 1.57. The topological polar surface area (TPSA) is 83.0 Å². The zero-order valence-corrected chi connectivity index (χ0v) is 10.7. The number of nitrogens with zero attached hydrogens (tertiary/aromatic N) is 1. The number of fused-ring (bicyclic) bond motifs is 1. The first-order chi connectivity index (χ1) is 9.10. The van der Waals surface area contributed by atoms with Gasteiger partial charge < -0.3 is 14.3 Å². The van der Waals surface area contributed by atoms with Crippen LogP contribution in [0.3, 0.4) is 0 Å². The van der Waals surface area contributed by atoms with Crippen LogP contribution in [0.4, 0.5) is 5.69 Å². The number of ether oxygens (including phenoxy) is 2. The highest BCUT2D eigenvalue weighted by molar-refractivity contribution is 5.71. The number of non-ortho nitro benzene ring substituents is 1. The molecule has 0 bridgehead atoms. The Bertz CT molecular complexity index is 500. The summed E-state index contributed by atoms with van der Waals surface area (Å²) >= 11 is 0. The van der Waals surface area contributed by atoms with Gasteiger partial charge in [-0.1, -0.05) is 0 Å². The van der Waals surface area contributed by atoms with E-state index in [-0.39, 0.29) is 17.8 Å². The molecule has 0 aliphatic carbocycles. The second kappa shape index (κ2) is 5.69. The number of hydrogen-bond acceptors (Lipinski definition) is 4. The van der Waals surface area contributed by atoms with Crippen LogP contribution in [0.5, 0.6) is 5.75 Å². The van der Waals surface area contributed by atoms with Crippen molar-refractivity contribution >= 4 is 11.7 Å². The fourth-order valence-electron chi connectivity index (χ4n) is 2.11. The highest BCUT2D eigenvalue weighted by atomic mass is 16.6. The number of nitro benzene ring substituents is 1. The van der Waals surface area contributed by atoms with Crippen LogP contribution in [0.25, 0.3) is 0 Å². The molecule has 0 aromatic heterocycles. The van der Waals surface area contributed by atoms with Crippen LogP contribution in [-0.2, 0) is 11.2 Å². The lowest BCUT2D eigenvalue weighted by Crippen LogP contribution is -2.26. The quantitative estimate of drug-likeness (QED) is 0.362. The van der Waals surface area contributed by atoms with Gasteiger partial charge in [-0.3, -0.25) is 10.1 Å². The lowest BCUT2D eigenvalue weighted by Gasteiger charge is -2.24. The molecule has 1 aliphatic rings. The Morgan fingerprint density at radius 2 is 2.42 bits per heavy atom. The van der Waals surface area contributed by atoms with Gasteiger partial charge in [0.2, 0.25) is 0 Å². The average molecular weight is 266 g/mol. The summed E-state index contributed by atoms with van der Waals surface area (Å²) in [5.74, 6) is 0.615. The molecule has 0 amide bonds. The van der Waals surface area contributed by atoms with Crippen molar-refractivity contribution in [2.75, 3.05) is 6.61 Å². The van der Waals surface area contributed by atoms with Crippen LogP contribution in [0.15, 0.2) is 18.2 Å². The van der Waals surface area contributed by atoms with Crippen molar-refractivity contribution < 1.29 is 19.2 Å². The number of benzene rings is 1.